The standard InChI is InChI=1S/C20H16Br2N2O5/c1-3-29-16-10-11(9-15(22)17(16)28-2)8-14-18(25)23-20(27)24(19(14)26)13-6-4-12(21)5-7-13/h4-10H,3H2,1-2H3,(H,23,25,27)/b14-8+. The number of nitrogens with one attached hydrogen (secondary N) is 1. The second-order valence-corrected chi connectivity index (χ2v) is 7.67. The van der Waals surface area contributed by atoms with Crippen molar-refractivity contribution in [3.05, 3.63) is 56.5 Å². The number of nitrogens with zero attached hydrogens (tertiary/aromatic N) is 1. The Morgan fingerprint density at radius 3 is 2.41 bits per heavy atom. The van der Waals surface area contributed by atoms with Gasteiger partial charge in [-0.1, -0.05) is 15.9 Å². The molecule has 1 heterocycles. The van der Waals surface area contributed by atoms with Gasteiger partial charge in [-0.3, -0.25) is 14.9 Å². The van der Waals surface area contributed by atoms with Crippen molar-refractivity contribution in [2.24, 2.45) is 0 Å². The molecule has 0 unspecified atom stereocenters. The number of halogens is 2. The molecule has 1 saturated heterocycles. The lowest BCUT2D eigenvalue weighted by molar-refractivity contribution is -0.122. The topological polar surface area (TPSA) is 84.9 Å². The van der Waals surface area contributed by atoms with Crippen molar-refractivity contribution in [2.75, 3.05) is 18.6 Å². The fourth-order valence-electron chi connectivity index (χ4n) is 2.78. The molecule has 0 bridgehead atoms. The van der Waals surface area contributed by atoms with Crippen LogP contribution in [0.5, 0.6) is 11.5 Å². The van der Waals surface area contributed by atoms with Gasteiger partial charge in [0, 0.05) is 4.47 Å². The van der Waals surface area contributed by atoms with E-state index >= 15 is 0 Å². The number of carbonyl (C=O) groups is 3. The van der Waals surface area contributed by atoms with Gasteiger partial charge < -0.3 is 9.47 Å². The van der Waals surface area contributed by atoms with Crippen molar-refractivity contribution < 1.29 is 23.9 Å². The Bertz CT molecular complexity index is 1020. The van der Waals surface area contributed by atoms with Gasteiger partial charge in [-0.25, -0.2) is 9.69 Å². The number of imide groups is 2. The summed E-state index contributed by atoms with van der Waals surface area (Å²) in [5, 5.41) is 2.20. The summed E-state index contributed by atoms with van der Waals surface area (Å²) in [6, 6.07) is 9.15. The molecular weight excluding hydrogens is 508 g/mol. The SMILES string of the molecule is CCOc1cc(/C=C2\C(=O)NC(=O)N(c3ccc(Br)cc3)C2=O)cc(Br)c1OC. The van der Waals surface area contributed by atoms with E-state index in [1.54, 1.807) is 36.4 Å². The van der Waals surface area contributed by atoms with Crippen LogP contribution in [-0.2, 0) is 9.59 Å². The van der Waals surface area contributed by atoms with E-state index in [1.165, 1.54) is 13.2 Å². The van der Waals surface area contributed by atoms with Crippen LogP contribution in [0.1, 0.15) is 12.5 Å². The van der Waals surface area contributed by atoms with E-state index in [0.717, 1.165) is 9.37 Å². The van der Waals surface area contributed by atoms with E-state index in [4.69, 9.17) is 9.47 Å². The largest absolute Gasteiger partial charge is 0.492 e. The zero-order chi connectivity index (χ0) is 21.1. The minimum Gasteiger partial charge on any atom is -0.492 e. The number of carbonyl (C=O) groups excluding carboxylic acids is 3. The highest BCUT2D eigenvalue weighted by molar-refractivity contribution is 9.10. The highest BCUT2D eigenvalue weighted by Crippen LogP contribution is 2.37. The number of benzene rings is 2. The lowest BCUT2D eigenvalue weighted by Crippen LogP contribution is -2.54. The summed E-state index contributed by atoms with van der Waals surface area (Å²) < 4.78 is 12.3. The number of urea groups is 1. The van der Waals surface area contributed by atoms with Gasteiger partial charge in [0.25, 0.3) is 11.8 Å². The lowest BCUT2D eigenvalue weighted by atomic mass is 10.1. The summed E-state index contributed by atoms with van der Waals surface area (Å²) in [5.41, 5.74) is 0.705. The van der Waals surface area contributed by atoms with Crippen LogP contribution in [0.2, 0.25) is 0 Å². The number of ether oxygens (including phenoxy) is 2. The Hall–Kier alpha value is -2.65. The Kier molecular flexibility index (Phi) is 6.39. The first-order valence-corrected chi connectivity index (χ1v) is 10.1. The number of hydrogen-bond acceptors (Lipinski definition) is 5. The van der Waals surface area contributed by atoms with Gasteiger partial charge in [0.1, 0.15) is 5.57 Å². The monoisotopic (exact) mass is 522 g/mol. The van der Waals surface area contributed by atoms with Crippen LogP contribution in [0.4, 0.5) is 10.5 Å². The molecule has 1 aliphatic heterocycles. The molecule has 2 aromatic carbocycles. The summed E-state index contributed by atoms with van der Waals surface area (Å²) in [6.45, 7) is 2.24. The van der Waals surface area contributed by atoms with Gasteiger partial charge in [0.2, 0.25) is 0 Å². The summed E-state index contributed by atoms with van der Waals surface area (Å²) in [5.74, 6) is -0.523. The Labute approximate surface area is 183 Å². The first kappa shape index (κ1) is 21.1. The Morgan fingerprint density at radius 2 is 1.79 bits per heavy atom. The van der Waals surface area contributed by atoms with E-state index in [-0.39, 0.29) is 5.57 Å². The van der Waals surface area contributed by atoms with Crippen LogP contribution in [0.15, 0.2) is 50.9 Å². The average Bonchev–Trinajstić information content (AvgIpc) is 2.67. The number of hydrogen-bond donors (Lipinski definition) is 1. The van der Waals surface area contributed by atoms with E-state index in [9.17, 15) is 14.4 Å². The minimum atomic E-state index is -0.801. The third kappa shape index (κ3) is 4.35. The van der Waals surface area contributed by atoms with E-state index < -0.39 is 17.8 Å². The molecule has 0 radical (unpaired) electrons. The highest BCUT2D eigenvalue weighted by Gasteiger charge is 2.36. The van der Waals surface area contributed by atoms with Crippen molar-refractivity contribution in [3.63, 3.8) is 0 Å². The minimum absolute atomic E-state index is 0.174. The molecule has 29 heavy (non-hydrogen) atoms. The van der Waals surface area contributed by atoms with Crippen LogP contribution in [0.25, 0.3) is 6.08 Å². The normalized spacial score (nSPS) is 15.5. The first-order valence-electron chi connectivity index (χ1n) is 8.53. The Morgan fingerprint density at radius 1 is 1.10 bits per heavy atom. The summed E-state index contributed by atoms with van der Waals surface area (Å²) in [7, 11) is 1.51. The molecule has 7 nitrogen and oxygen atoms in total. The molecule has 1 N–H and O–H groups in total. The van der Waals surface area contributed by atoms with Crippen LogP contribution in [0, 0.1) is 0 Å². The molecule has 150 valence electrons. The predicted octanol–water partition coefficient (Wildman–Crippen LogP) is 4.29. The van der Waals surface area contributed by atoms with E-state index in [0.29, 0.717) is 33.8 Å². The molecule has 2 aromatic rings. The van der Waals surface area contributed by atoms with Gasteiger partial charge in [-0.2, -0.15) is 0 Å². The predicted molar refractivity (Wildman–Crippen MR) is 115 cm³/mol. The molecule has 0 aromatic heterocycles. The molecule has 0 spiro atoms. The molecule has 0 saturated carbocycles. The molecule has 0 atom stereocenters. The molecular formula is C20H16Br2N2O5. The van der Waals surface area contributed by atoms with Crippen LogP contribution < -0.4 is 19.7 Å². The molecule has 9 heteroatoms. The number of anilines is 1. The van der Waals surface area contributed by atoms with Crippen LogP contribution >= 0.6 is 31.9 Å². The number of methoxy groups -OCH3 is 1. The van der Waals surface area contributed by atoms with Crippen molar-refractivity contribution >= 4 is 61.5 Å². The zero-order valence-corrected chi connectivity index (χ0v) is 18.7. The number of rotatable bonds is 5. The molecule has 0 aliphatic carbocycles. The van der Waals surface area contributed by atoms with Gasteiger partial charge in [0.15, 0.2) is 11.5 Å². The van der Waals surface area contributed by atoms with Gasteiger partial charge in [-0.05, 0) is 70.9 Å². The van der Waals surface area contributed by atoms with Crippen LogP contribution in [0.3, 0.4) is 0 Å². The van der Waals surface area contributed by atoms with Crippen molar-refractivity contribution in [3.8, 4) is 11.5 Å². The van der Waals surface area contributed by atoms with Crippen molar-refractivity contribution in [1.82, 2.24) is 5.32 Å². The summed E-state index contributed by atoms with van der Waals surface area (Å²) in [4.78, 5) is 38.5. The fraction of sp³-hybridized carbons (Fsp3) is 0.150. The van der Waals surface area contributed by atoms with Gasteiger partial charge in [0.05, 0.1) is 23.9 Å². The van der Waals surface area contributed by atoms with Crippen molar-refractivity contribution in [1.29, 1.82) is 0 Å². The lowest BCUT2D eigenvalue weighted by Gasteiger charge is -2.26. The average molecular weight is 524 g/mol. The quantitative estimate of drug-likeness (QED) is 0.467. The highest BCUT2D eigenvalue weighted by atomic mass is 79.9. The number of amides is 4. The van der Waals surface area contributed by atoms with Crippen LogP contribution in [-0.4, -0.2) is 31.6 Å². The fourth-order valence-corrected chi connectivity index (χ4v) is 3.67. The van der Waals surface area contributed by atoms with Crippen molar-refractivity contribution in [2.45, 2.75) is 6.92 Å². The first-order chi connectivity index (χ1) is 13.8. The Balaban J connectivity index is 2.03. The second-order valence-electron chi connectivity index (χ2n) is 5.90. The molecule has 3 rings (SSSR count). The van der Waals surface area contributed by atoms with Gasteiger partial charge >= 0.3 is 6.03 Å². The molecule has 1 aliphatic rings. The maximum atomic E-state index is 13.0. The second kappa shape index (κ2) is 8.79. The summed E-state index contributed by atoms with van der Waals surface area (Å²) >= 11 is 6.71. The van der Waals surface area contributed by atoms with E-state index in [2.05, 4.69) is 37.2 Å². The number of barbiturate groups is 1. The third-order valence-corrected chi connectivity index (χ3v) is 5.15. The maximum absolute atomic E-state index is 13.0. The smallest absolute Gasteiger partial charge is 0.335 e. The maximum Gasteiger partial charge on any atom is 0.335 e. The molecule has 1 fully saturated rings. The molecule has 4 amide bonds. The summed E-state index contributed by atoms with van der Waals surface area (Å²) in [6.07, 6.45) is 1.41. The van der Waals surface area contributed by atoms with Gasteiger partial charge in [-0.15, -0.1) is 0 Å². The zero-order valence-electron chi connectivity index (χ0n) is 15.5. The van der Waals surface area contributed by atoms with E-state index in [1.807, 2.05) is 6.92 Å². The third-order valence-electron chi connectivity index (χ3n) is 4.03.